The lowest BCUT2D eigenvalue weighted by Gasteiger charge is -2.39. The molecule has 0 aromatic heterocycles. The third-order valence-corrected chi connectivity index (χ3v) is 2.57. The standard InChI is InChI=1S/C6H12O6.C6H10O/c7-1-2(8)4(10)6(12)5(11)3(1)9;1-3-5-7-6-4-2/h1-12H;3-4H,1-2,5-6H2. The van der Waals surface area contributed by atoms with Gasteiger partial charge < -0.3 is 35.4 Å². The van der Waals surface area contributed by atoms with Crippen LogP contribution in [-0.4, -0.2) is 80.5 Å². The number of rotatable bonds is 4. The van der Waals surface area contributed by atoms with Gasteiger partial charge in [-0.15, -0.1) is 13.2 Å². The van der Waals surface area contributed by atoms with E-state index in [2.05, 4.69) is 13.2 Å². The van der Waals surface area contributed by atoms with Crippen LogP contribution >= 0.6 is 0 Å². The van der Waals surface area contributed by atoms with Crippen molar-refractivity contribution in [3.8, 4) is 0 Å². The molecule has 0 unspecified atom stereocenters. The van der Waals surface area contributed by atoms with Crippen LogP contribution in [0.5, 0.6) is 0 Å². The van der Waals surface area contributed by atoms with Gasteiger partial charge >= 0.3 is 0 Å². The van der Waals surface area contributed by atoms with Gasteiger partial charge in [0.1, 0.15) is 36.6 Å². The average Bonchev–Trinajstić information content (AvgIpc) is 2.42. The molecule has 0 aromatic carbocycles. The van der Waals surface area contributed by atoms with Crippen LogP contribution in [0.1, 0.15) is 0 Å². The van der Waals surface area contributed by atoms with E-state index in [0.29, 0.717) is 13.2 Å². The lowest BCUT2D eigenvalue weighted by atomic mass is 9.85. The van der Waals surface area contributed by atoms with Crippen LogP contribution in [0.4, 0.5) is 0 Å². The molecule has 6 N–H and O–H groups in total. The summed E-state index contributed by atoms with van der Waals surface area (Å²) >= 11 is 0. The Kier molecular flexibility index (Phi) is 8.77. The molecule has 1 aliphatic rings. The van der Waals surface area contributed by atoms with E-state index in [9.17, 15) is 0 Å². The minimum Gasteiger partial charge on any atom is -0.387 e. The molecular formula is C12H22O7. The van der Waals surface area contributed by atoms with Crippen LogP contribution in [0.15, 0.2) is 25.3 Å². The minimum absolute atomic E-state index is 0.617. The Morgan fingerprint density at radius 3 is 1.00 bits per heavy atom. The first-order valence-corrected chi connectivity index (χ1v) is 5.76. The van der Waals surface area contributed by atoms with Gasteiger partial charge in [0.15, 0.2) is 0 Å². The molecule has 0 spiro atoms. The molecule has 7 nitrogen and oxygen atoms in total. The van der Waals surface area contributed by atoms with E-state index in [0.717, 1.165) is 0 Å². The highest BCUT2D eigenvalue weighted by Crippen LogP contribution is 2.20. The largest absolute Gasteiger partial charge is 0.387 e. The molecule has 112 valence electrons. The summed E-state index contributed by atoms with van der Waals surface area (Å²) in [6.45, 7) is 8.18. The summed E-state index contributed by atoms with van der Waals surface area (Å²) in [4.78, 5) is 0. The predicted molar refractivity (Wildman–Crippen MR) is 67.3 cm³/mol. The first kappa shape index (κ1) is 18.2. The summed E-state index contributed by atoms with van der Waals surface area (Å²) in [5, 5.41) is 53.8. The number of hydrogen-bond acceptors (Lipinski definition) is 7. The summed E-state index contributed by atoms with van der Waals surface area (Å²) in [5.74, 6) is 0. The van der Waals surface area contributed by atoms with Crippen molar-refractivity contribution in [2.45, 2.75) is 36.6 Å². The fraction of sp³-hybridized carbons (Fsp3) is 0.667. The van der Waals surface area contributed by atoms with Crippen molar-refractivity contribution >= 4 is 0 Å². The molecule has 0 saturated heterocycles. The molecule has 0 bridgehead atoms. The van der Waals surface area contributed by atoms with Gasteiger partial charge in [-0.3, -0.25) is 0 Å². The second kappa shape index (κ2) is 9.16. The van der Waals surface area contributed by atoms with Gasteiger partial charge in [-0.05, 0) is 0 Å². The Morgan fingerprint density at radius 1 is 0.632 bits per heavy atom. The molecule has 0 atom stereocenters. The Labute approximate surface area is 111 Å². The molecule has 7 heteroatoms. The Morgan fingerprint density at radius 2 is 0.842 bits per heavy atom. The molecular weight excluding hydrogens is 256 g/mol. The van der Waals surface area contributed by atoms with Crippen molar-refractivity contribution in [3.63, 3.8) is 0 Å². The Hall–Kier alpha value is -0.800. The maximum Gasteiger partial charge on any atom is 0.111 e. The predicted octanol–water partition coefficient (Wildman–Crippen LogP) is -2.46. The van der Waals surface area contributed by atoms with E-state index in [1.807, 2.05) is 0 Å². The summed E-state index contributed by atoms with van der Waals surface area (Å²) in [7, 11) is 0. The number of aliphatic hydroxyl groups excluding tert-OH is 6. The molecule has 1 saturated carbocycles. The van der Waals surface area contributed by atoms with E-state index in [1.165, 1.54) is 0 Å². The van der Waals surface area contributed by atoms with Gasteiger partial charge in [-0.2, -0.15) is 0 Å². The van der Waals surface area contributed by atoms with E-state index in [1.54, 1.807) is 12.2 Å². The van der Waals surface area contributed by atoms with Gasteiger partial charge in [-0.1, -0.05) is 12.2 Å². The van der Waals surface area contributed by atoms with Gasteiger partial charge in [0, 0.05) is 0 Å². The highest BCUT2D eigenvalue weighted by atomic mass is 16.5. The normalized spacial score (nSPS) is 38.0. The molecule has 0 heterocycles. The van der Waals surface area contributed by atoms with Crippen molar-refractivity contribution in [3.05, 3.63) is 25.3 Å². The lowest BCUT2D eigenvalue weighted by Crippen LogP contribution is -2.63. The zero-order valence-corrected chi connectivity index (χ0v) is 10.5. The highest BCUT2D eigenvalue weighted by molar-refractivity contribution is 4.98. The highest BCUT2D eigenvalue weighted by Gasteiger charge is 2.47. The molecule has 1 rings (SSSR count). The lowest BCUT2D eigenvalue weighted by molar-refractivity contribution is -0.223. The summed E-state index contributed by atoms with van der Waals surface area (Å²) < 4.78 is 4.90. The molecule has 0 aromatic rings. The van der Waals surface area contributed by atoms with Crippen molar-refractivity contribution < 1.29 is 35.4 Å². The number of hydrogen-bond donors (Lipinski definition) is 6. The first-order valence-electron chi connectivity index (χ1n) is 5.76. The van der Waals surface area contributed by atoms with Crippen LogP contribution in [-0.2, 0) is 4.74 Å². The molecule has 1 fully saturated rings. The van der Waals surface area contributed by atoms with Crippen molar-refractivity contribution in [1.29, 1.82) is 0 Å². The van der Waals surface area contributed by atoms with Crippen molar-refractivity contribution in [1.82, 2.24) is 0 Å². The fourth-order valence-electron chi connectivity index (χ4n) is 1.45. The third kappa shape index (κ3) is 5.37. The zero-order valence-electron chi connectivity index (χ0n) is 10.5. The van der Waals surface area contributed by atoms with Gasteiger partial charge in [0.05, 0.1) is 13.2 Å². The van der Waals surface area contributed by atoms with Crippen molar-refractivity contribution in [2.24, 2.45) is 0 Å². The smallest absolute Gasteiger partial charge is 0.111 e. The second-order valence-corrected chi connectivity index (χ2v) is 4.06. The quantitative estimate of drug-likeness (QED) is 0.248. The van der Waals surface area contributed by atoms with Crippen LogP contribution in [0, 0.1) is 0 Å². The Balaban J connectivity index is 0.000000399. The zero-order chi connectivity index (χ0) is 15.0. The molecule has 1 aliphatic carbocycles. The van der Waals surface area contributed by atoms with E-state index in [4.69, 9.17) is 35.4 Å². The van der Waals surface area contributed by atoms with Crippen LogP contribution in [0.25, 0.3) is 0 Å². The minimum atomic E-state index is -1.64. The number of aliphatic hydroxyl groups is 6. The average molecular weight is 278 g/mol. The molecule has 0 radical (unpaired) electrons. The number of ether oxygens (including phenoxy) is 1. The van der Waals surface area contributed by atoms with E-state index < -0.39 is 36.6 Å². The molecule has 0 amide bonds. The maximum atomic E-state index is 8.97. The molecule has 0 aliphatic heterocycles. The maximum absolute atomic E-state index is 8.97. The monoisotopic (exact) mass is 278 g/mol. The van der Waals surface area contributed by atoms with Gasteiger partial charge in [0.25, 0.3) is 0 Å². The van der Waals surface area contributed by atoms with Gasteiger partial charge in [0.2, 0.25) is 0 Å². The van der Waals surface area contributed by atoms with E-state index in [-0.39, 0.29) is 0 Å². The SMILES string of the molecule is C=CCOCC=C.OC1C(O)C(O)C(O)C(O)C1O. The van der Waals surface area contributed by atoms with Crippen LogP contribution < -0.4 is 0 Å². The first-order chi connectivity index (χ1) is 8.88. The Bertz CT molecular complexity index is 204. The van der Waals surface area contributed by atoms with Gasteiger partial charge in [-0.25, -0.2) is 0 Å². The molecule has 19 heavy (non-hydrogen) atoms. The fourth-order valence-corrected chi connectivity index (χ4v) is 1.45. The van der Waals surface area contributed by atoms with E-state index >= 15 is 0 Å². The summed E-state index contributed by atoms with van der Waals surface area (Å²) in [5.41, 5.74) is 0. The summed E-state index contributed by atoms with van der Waals surface area (Å²) in [6.07, 6.45) is -6.42. The van der Waals surface area contributed by atoms with Crippen LogP contribution in [0.2, 0.25) is 0 Å². The second-order valence-electron chi connectivity index (χ2n) is 4.06. The topological polar surface area (TPSA) is 131 Å². The van der Waals surface area contributed by atoms with Crippen molar-refractivity contribution in [2.75, 3.05) is 13.2 Å². The summed E-state index contributed by atoms with van der Waals surface area (Å²) in [6, 6.07) is 0. The third-order valence-electron chi connectivity index (χ3n) is 2.57. The van der Waals surface area contributed by atoms with Crippen LogP contribution in [0.3, 0.4) is 0 Å².